The summed E-state index contributed by atoms with van der Waals surface area (Å²) in [6.45, 7) is 4.85. The molecule has 2 nitrogen and oxygen atoms in total. The van der Waals surface area contributed by atoms with Gasteiger partial charge in [-0.3, -0.25) is 4.99 Å². The molecule has 14 heavy (non-hydrogen) atoms. The van der Waals surface area contributed by atoms with Gasteiger partial charge in [-0.15, -0.1) is 0 Å². The summed E-state index contributed by atoms with van der Waals surface area (Å²) < 4.78 is 0. The van der Waals surface area contributed by atoms with Crippen LogP contribution in [-0.2, 0) is 0 Å². The van der Waals surface area contributed by atoms with Crippen LogP contribution in [0.4, 0.5) is 0 Å². The molecular weight excluding hydrogens is 172 g/mol. The lowest BCUT2D eigenvalue weighted by molar-refractivity contribution is 1.13. The molecule has 0 fully saturated rings. The molecule has 0 heterocycles. The van der Waals surface area contributed by atoms with E-state index < -0.39 is 0 Å². The van der Waals surface area contributed by atoms with Crippen LogP contribution in [0.3, 0.4) is 0 Å². The molecule has 0 atom stereocenters. The van der Waals surface area contributed by atoms with Gasteiger partial charge in [-0.25, -0.2) is 0 Å². The maximum Gasteiger partial charge on any atom is 0.0660 e. The summed E-state index contributed by atoms with van der Waals surface area (Å²) in [4.78, 5) is 4.36. The van der Waals surface area contributed by atoms with E-state index in [1.807, 2.05) is 13.0 Å². The largest absolute Gasteiger partial charge is 0.405 e. The number of nitrogens with zero attached hydrogens (tertiary/aromatic N) is 1. The van der Waals surface area contributed by atoms with Crippen molar-refractivity contribution in [1.29, 1.82) is 0 Å². The van der Waals surface area contributed by atoms with E-state index in [-0.39, 0.29) is 0 Å². The van der Waals surface area contributed by atoms with Gasteiger partial charge >= 0.3 is 0 Å². The molecule has 1 aromatic carbocycles. The Morgan fingerprint density at radius 2 is 2.00 bits per heavy atom. The fourth-order valence-corrected chi connectivity index (χ4v) is 1.23. The highest BCUT2D eigenvalue weighted by atomic mass is 14.7. The molecular formula is C12H16N2. The van der Waals surface area contributed by atoms with E-state index in [0.717, 1.165) is 17.8 Å². The molecule has 0 spiro atoms. The van der Waals surface area contributed by atoms with Crippen LogP contribution in [-0.4, -0.2) is 12.3 Å². The monoisotopic (exact) mass is 188 g/mol. The Labute approximate surface area is 85.2 Å². The molecule has 0 bridgehead atoms. The van der Waals surface area contributed by atoms with Crippen molar-refractivity contribution < 1.29 is 0 Å². The Hall–Kier alpha value is -1.57. The second-order valence-electron chi connectivity index (χ2n) is 3.08. The van der Waals surface area contributed by atoms with E-state index in [1.54, 1.807) is 0 Å². The number of aliphatic imine (C=N–C) groups is 1. The molecule has 2 N–H and O–H groups in total. The second kappa shape index (κ2) is 5.22. The summed E-state index contributed by atoms with van der Waals surface area (Å²) in [6, 6.07) is 8.27. The van der Waals surface area contributed by atoms with E-state index >= 15 is 0 Å². The quantitative estimate of drug-likeness (QED) is 0.726. The molecule has 0 saturated carbocycles. The molecule has 0 aliphatic heterocycles. The van der Waals surface area contributed by atoms with Crippen molar-refractivity contribution in [2.75, 3.05) is 6.54 Å². The van der Waals surface area contributed by atoms with Gasteiger partial charge in [0, 0.05) is 6.54 Å². The number of hydrogen-bond donors (Lipinski definition) is 1. The molecule has 1 aromatic rings. The van der Waals surface area contributed by atoms with Crippen molar-refractivity contribution in [3.63, 3.8) is 0 Å². The summed E-state index contributed by atoms with van der Waals surface area (Å²) >= 11 is 0. The molecule has 2 heteroatoms. The van der Waals surface area contributed by atoms with Crippen LogP contribution >= 0.6 is 0 Å². The third-order valence-corrected chi connectivity index (χ3v) is 1.93. The Morgan fingerprint density at radius 1 is 1.36 bits per heavy atom. The molecule has 0 radical (unpaired) electrons. The first kappa shape index (κ1) is 10.5. The summed E-state index contributed by atoms with van der Waals surface area (Å²) in [7, 11) is 0. The number of nitrogens with two attached hydrogens (primary N) is 1. The lowest BCUT2D eigenvalue weighted by Crippen LogP contribution is -1.99. The molecule has 1 rings (SSSR count). The van der Waals surface area contributed by atoms with Crippen LogP contribution in [0.25, 0.3) is 0 Å². The number of rotatable bonds is 3. The SMILES string of the molecule is CCN=C(/C=C\N)c1ccc(C)cc1. The summed E-state index contributed by atoms with van der Waals surface area (Å²) in [6.07, 6.45) is 3.35. The Balaban J connectivity index is 3.00. The van der Waals surface area contributed by atoms with Gasteiger partial charge in [-0.05, 0) is 31.7 Å². The fourth-order valence-electron chi connectivity index (χ4n) is 1.23. The fraction of sp³-hybridized carbons (Fsp3) is 0.250. The predicted octanol–water partition coefficient (Wildman–Crippen LogP) is 2.28. The Bertz CT molecular complexity index is 334. The minimum atomic E-state index is 0.771. The van der Waals surface area contributed by atoms with E-state index in [2.05, 4.69) is 36.2 Å². The van der Waals surface area contributed by atoms with E-state index in [1.165, 1.54) is 11.8 Å². The zero-order chi connectivity index (χ0) is 10.4. The van der Waals surface area contributed by atoms with Gasteiger partial charge < -0.3 is 5.73 Å². The van der Waals surface area contributed by atoms with Crippen LogP contribution in [0, 0.1) is 6.92 Å². The zero-order valence-corrected chi connectivity index (χ0v) is 8.70. The van der Waals surface area contributed by atoms with Crippen molar-refractivity contribution in [2.45, 2.75) is 13.8 Å². The van der Waals surface area contributed by atoms with Gasteiger partial charge in [-0.2, -0.15) is 0 Å². The average molecular weight is 188 g/mol. The lowest BCUT2D eigenvalue weighted by atomic mass is 10.1. The van der Waals surface area contributed by atoms with Crippen molar-refractivity contribution >= 4 is 5.71 Å². The maximum absolute atomic E-state index is 5.37. The van der Waals surface area contributed by atoms with Crippen LogP contribution in [0.1, 0.15) is 18.1 Å². The number of aryl methyl sites for hydroxylation is 1. The first-order valence-corrected chi connectivity index (χ1v) is 4.77. The van der Waals surface area contributed by atoms with Gasteiger partial charge in [0.1, 0.15) is 0 Å². The van der Waals surface area contributed by atoms with Crippen LogP contribution in [0.2, 0.25) is 0 Å². The first-order valence-electron chi connectivity index (χ1n) is 4.77. The van der Waals surface area contributed by atoms with Crippen molar-refractivity contribution in [2.24, 2.45) is 10.7 Å². The van der Waals surface area contributed by atoms with Gasteiger partial charge in [0.05, 0.1) is 5.71 Å². The minimum absolute atomic E-state index is 0.771. The third-order valence-electron chi connectivity index (χ3n) is 1.93. The minimum Gasteiger partial charge on any atom is -0.405 e. The zero-order valence-electron chi connectivity index (χ0n) is 8.70. The highest BCUT2D eigenvalue weighted by Gasteiger charge is 1.97. The standard InChI is InChI=1S/C12H16N2/c1-3-14-12(8-9-13)11-6-4-10(2)5-7-11/h4-9H,3,13H2,1-2H3/b9-8-,14-12?. The molecule has 0 saturated heterocycles. The molecule has 74 valence electrons. The van der Waals surface area contributed by atoms with Gasteiger partial charge in [-0.1, -0.05) is 29.8 Å². The molecule has 0 unspecified atom stereocenters. The first-order chi connectivity index (χ1) is 6.77. The Kier molecular flexibility index (Phi) is 3.92. The normalized spacial score (nSPS) is 12.3. The predicted molar refractivity (Wildman–Crippen MR) is 61.6 cm³/mol. The van der Waals surface area contributed by atoms with Gasteiger partial charge in [0.15, 0.2) is 0 Å². The van der Waals surface area contributed by atoms with E-state index in [4.69, 9.17) is 5.73 Å². The van der Waals surface area contributed by atoms with Crippen LogP contribution in [0.5, 0.6) is 0 Å². The van der Waals surface area contributed by atoms with Crippen LogP contribution in [0.15, 0.2) is 41.5 Å². The number of allylic oxidation sites excluding steroid dienone is 1. The molecule has 0 aliphatic rings. The second-order valence-corrected chi connectivity index (χ2v) is 3.08. The number of benzene rings is 1. The van der Waals surface area contributed by atoms with E-state index in [9.17, 15) is 0 Å². The van der Waals surface area contributed by atoms with Gasteiger partial charge in [0.25, 0.3) is 0 Å². The van der Waals surface area contributed by atoms with E-state index in [0.29, 0.717) is 0 Å². The highest BCUT2D eigenvalue weighted by molar-refractivity contribution is 6.08. The summed E-state index contributed by atoms with van der Waals surface area (Å²) in [5, 5.41) is 0. The van der Waals surface area contributed by atoms with Crippen molar-refractivity contribution in [3.05, 3.63) is 47.7 Å². The van der Waals surface area contributed by atoms with Gasteiger partial charge in [0.2, 0.25) is 0 Å². The van der Waals surface area contributed by atoms with Crippen LogP contribution < -0.4 is 5.73 Å². The summed E-state index contributed by atoms with van der Waals surface area (Å²) in [5.74, 6) is 0. The maximum atomic E-state index is 5.37. The molecule has 0 aliphatic carbocycles. The van der Waals surface area contributed by atoms with Crippen molar-refractivity contribution in [1.82, 2.24) is 0 Å². The average Bonchev–Trinajstić information content (AvgIpc) is 2.19. The molecule has 0 aromatic heterocycles. The van der Waals surface area contributed by atoms with Crippen molar-refractivity contribution in [3.8, 4) is 0 Å². The summed E-state index contributed by atoms with van der Waals surface area (Å²) in [5.41, 5.74) is 8.67. The number of hydrogen-bond acceptors (Lipinski definition) is 2. The lowest BCUT2D eigenvalue weighted by Gasteiger charge is -2.01. The third kappa shape index (κ3) is 2.73. The topological polar surface area (TPSA) is 38.4 Å². The Morgan fingerprint density at radius 3 is 2.50 bits per heavy atom. The molecule has 0 amide bonds. The smallest absolute Gasteiger partial charge is 0.0660 e. The highest BCUT2D eigenvalue weighted by Crippen LogP contribution is 2.05.